The average Bonchev–Trinajstić information content (AvgIpc) is 2.11. The summed E-state index contributed by atoms with van der Waals surface area (Å²) in [4.78, 5) is 25.4. The van der Waals surface area contributed by atoms with Crippen molar-refractivity contribution in [2.45, 2.75) is 59.0 Å². The maximum Gasteiger partial charge on any atom is 0.410 e. The van der Waals surface area contributed by atoms with Gasteiger partial charge in [-0.2, -0.15) is 0 Å². The lowest BCUT2D eigenvalue weighted by molar-refractivity contribution is -0.126. The van der Waals surface area contributed by atoms with Gasteiger partial charge in [0.2, 0.25) is 0 Å². The summed E-state index contributed by atoms with van der Waals surface area (Å²) < 4.78 is 5.32. The fraction of sp³-hybridized carbons (Fsp3) is 0.857. The summed E-state index contributed by atoms with van der Waals surface area (Å²) in [6, 6.07) is 0. The molecule has 0 aromatic carbocycles. The van der Waals surface area contributed by atoms with Crippen LogP contribution in [0.4, 0.5) is 4.79 Å². The number of rotatable bonds is 5. The molecule has 1 fully saturated rings. The van der Waals surface area contributed by atoms with Crippen LogP contribution < -0.4 is 0 Å². The molecule has 0 unspecified atom stereocenters. The van der Waals surface area contributed by atoms with Gasteiger partial charge in [-0.25, -0.2) is 4.79 Å². The summed E-state index contributed by atoms with van der Waals surface area (Å²) in [5.41, 5.74) is -0.511. The zero-order chi connectivity index (χ0) is 13.8. The minimum absolute atomic E-state index is 0.173. The highest BCUT2D eigenvalue weighted by molar-refractivity contribution is 5.86. The van der Waals surface area contributed by atoms with Gasteiger partial charge in [-0.15, -0.1) is 0 Å². The molecule has 0 saturated heterocycles. The lowest BCUT2D eigenvalue weighted by Gasteiger charge is -2.30. The fourth-order valence-electron chi connectivity index (χ4n) is 1.88. The molecule has 1 aliphatic carbocycles. The number of ether oxygens (including phenoxy) is 1. The number of ketones is 1. The number of nitrogens with zero attached hydrogens (tertiary/aromatic N) is 1. The molecule has 18 heavy (non-hydrogen) atoms. The van der Waals surface area contributed by atoms with E-state index in [0.29, 0.717) is 6.54 Å². The van der Waals surface area contributed by atoms with E-state index in [1.54, 1.807) is 0 Å². The highest BCUT2D eigenvalue weighted by Gasteiger charge is 2.29. The minimum atomic E-state index is -0.511. The Bertz CT molecular complexity index is 303. The number of hydrogen-bond donors (Lipinski definition) is 0. The summed E-state index contributed by atoms with van der Waals surface area (Å²) in [7, 11) is 0. The highest BCUT2D eigenvalue weighted by Crippen LogP contribution is 2.27. The van der Waals surface area contributed by atoms with E-state index in [1.807, 2.05) is 27.7 Å². The van der Waals surface area contributed by atoms with Crippen molar-refractivity contribution in [3.05, 3.63) is 0 Å². The number of Topliss-reactive ketones (excluding diaryl/α,β-unsaturated/α-hetero) is 1. The van der Waals surface area contributed by atoms with Crippen LogP contribution in [0.5, 0.6) is 0 Å². The Morgan fingerprint density at radius 2 is 1.89 bits per heavy atom. The van der Waals surface area contributed by atoms with Crippen molar-refractivity contribution in [2.75, 3.05) is 13.1 Å². The molecule has 1 rings (SSSR count). The number of carbonyl (C=O) groups is 2. The molecular formula is C14H25NO3. The van der Waals surface area contributed by atoms with Gasteiger partial charge in [0.1, 0.15) is 5.60 Å². The van der Waals surface area contributed by atoms with E-state index in [2.05, 4.69) is 0 Å². The van der Waals surface area contributed by atoms with Gasteiger partial charge in [-0.3, -0.25) is 4.79 Å². The zero-order valence-electron chi connectivity index (χ0n) is 12.0. The Balaban J connectivity index is 2.52. The molecule has 0 aromatic rings. The molecule has 0 spiro atoms. The van der Waals surface area contributed by atoms with E-state index in [1.165, 1.54) is 4.90 Å². The third-order valence-electron chi connectivity index (χ3n) is 3.05. The van der Waals surface area contributed by atoms with Crippen LogP contribution in [0.3, 0.4) is 0 Å². The van der Waals surface area contributed by atoms with Crippen molar-refractivity contribution >= 4 is 11.9 Å². The molecule has 4 nitrogen and oxygen atoms in total. The summed E-state index contributed by atoms with van der Waals surface area (Å²) >= 11 is 0. The predicted molar refractivity (Wildman–Crippen MR) is 70.4 cm³/mol. The molecule has 0 aromatic heterocycles. The smallest absolute Gasteiger partial charge is 0.410 e. The molecule has 0 atom stereocenters. The fourth-order valence-corrected chi connectivity index (χ4v) is 1.88. The maximum absolute atomic E-state index is 12.0. The molecule has 0 N–H and O–H groups in total. The second kappa shape index (κ2) is 6.21. The Morgan fingerprint density at radius 1 is 1.28 bits per heavy atom. The van der Waals surface area contributed by atoms with E-state index in [9.17, 15) is 9.59 Å². The number of carbonyl (C=O) groups excluding carboxylic acids is 2. The van der Waals surface area contributed by atoms with Crippen molar-refractivity contribution in [2.24, 2.45) is 5.92 Å². The SMILES string of the molecule is CCCN(CC(=O)C1CCC1)C(=O)OC(C)(C)C. The second-order valence-electron chi connectivity index (χ2n) is 6.00. The molecule has 1 amide bonds. The molecule has 1 saturated carbocycles. The van der Waals surface area contributed by atoms with E-state index in [-0.39, 0.29) is 24.3 Å². The first-order valence-corrected chi connectivity index (χ1v) is 6.84. The van der Waals surface area contributed by atoms with Crippen LogP contribution in [0.1, 0.15) is 53.4 Å². The Kier molecular flexibility index (Phi) is 5.17. The maximum atomic E-state index is 12.0. The molecule has 0 bridgehead atoms. The summed E-state index contributed by atoms with van der Waals surface area (Å²) in [6.45, 7) is 8.28. The van der Waals surface area contributed by atoms with Crippen LogP contribution in [-0.4, -0.2) is 35.5 Å². The summed E-state index contributed by atoms with van der Waals surface area (Å²) in [5.74, 6) is 0.354. The number of amides is 1. The standard InChI is InChI=1S/C14H25NO3/c1-5-9-15(13(17)18-14(2,3)4)10-12(16)11-7-6-8-11/h11H,5-10H2,1-4H3. The van der Waals surface area contributed by atoms with Gasteiger partial charge in [0.15, 0.2) is 5.78 Å². The lowest BCUT2D eigenvalue weighted by Crippen LogP contribution is -2.42. The van der Waals surface area contributed by atoms with Crippen LogP contribution in [0.2, 0.25) is 0 Å². The third-order valence-corrected chi connectivity index (χ3v) is 3.05. The quantitative estimate of drug-likeness (QED) is 0.758. The Labute approximate surface area is 110 Å². The largest absolute Gasteiger partial charge is 0.444 e. The topological polar surface area (TPSA) is 46.6 Å². The van der Waals surface area contributed by atoms with Gasteiger partial charge < -0.3 is 9.64 Å². The van der Waals surface area contributed by atoms with Gasteiger partial charge in [-0.1, -0.05) is 13.3 Å². The Morgan fingerprint density at radius 3 is 2.28 bits per heavy atom. The first-order chi connectivity index (χ1) is 8.33. The molecule has 0 aliphatic heterocycles. The monoisotopic (exact) mass is 255 g/mol. The minimum Gasteiger partial charge on any atom is -0.444 e. The van der Waals surface area contributed by atoms with Crippen LogP contribution in [0.25, 0.3) is 0 Å². The van der Waals surface area contributed by atoms with Crippen molar-refractivity contribution < 1.29 is 14.3 Å². The molecule has 1 aliphatic rings. The van der Waals surface area contributed by atoms with Crippen molar-refractivity contribution in [1.29, 1.82) is 0 Å². The average molecular weight is 255 g/mol. The lowest BCUT2D eigenvalue weighted by atomic mass is 9.82. The molecular weight excluding hydrogens is 230 g/mol. The first kappa shape index (κ1) is 15.0. The zero-order valence-corrected chi connectivity index (χ0v) is 12.0. The predicted octanol–water partition coefficient (Wildman–Crippen LogP) is 3.00. The van der Waals surface area contributed by atoms with Crippen LogP contribution >= 0.6 is 0 Å². The van der Waals surface area contributed by atoms with Gasteiger partial charge in [-0.05, 0) is 40.0 Å². The van der Waals surface area contributed by atoms with Crippen LogP contribution in [0.15, 0.2) is 0 Å². The summed E-state index contributed by atoms with van der Waals surface area (Å²) in [5, 5.41) is 0. The first-order valence-electron chi connectivity index (χ1n) is 6.84. The Hall–Kier alpha value is -1.06. The summed E-state index contributed by atoms with van der Waals surface area (Å²) in [6.07, 6.45) is 3.55. The highest BCUT2D eigenvalue weighted by atomic mass is 16.6. The van der Waals surface area contributed by atoms with E-state index < -0.39 is 5.60 Å². The van der Waals surface area contributed by atoms with Crippen LogP contribution in [0, 0.1) is 5.92 Å². The number of hydrogen-bond acceptors (Lipinski definition) is 3. The van der Waals surface area contributed by atoms with Gasteiger partial charge >= 0.3 is 6.09 Å². The second-order valence-corrected chi connectivity index (χ2v) is 6.00. The van der Waals surface area contributed by atoms with Crippen molar-refractivity contribution in [3.63, 3.8) is 0 Å². The molecule has 0 radical (unpaired) electrons. The molecule has 4 heteroatoms. The van der Waals surface area contributed by atoms with E-state index in [0.717, 1.165) is 25.7 Å². The molecule has 104 valence electrons. The van der Waals surface area contributed by atoms with E-state index in [4.69, 9.17) is 4.74 Å². The van der Waals surface area contributed by atoms with Gasteiger partial charge in [0.05, 0.1) is 6.54 Å². The van der Waals surface area contributed by atoms with Crippen LogP contribution in [-0.2, 0) is 9.53 Å². The normalized spacial score (nSPS) is 16.0. The van der Waals surface area contributed by atoms with Gasteiger partial charge in [0, 0.05) is 12.5 Å². The van der Waals surface area contributed by atoms with Gasteiger partial charge in [0.25, 0.3) is 0 Å². The third kappa shape index (κ3) is 4.67. The van der Waals surface area contributed by atoms with Crippen molar-refractivity contribution in [1.82, 2.24) is 4.90 Å². The van der Waals surface area contributed by atoms with Crippen molar-refractivity contribution in [3.8, 4) is 0 Å². The van der Waals surface area contributed by atoms with E-state index >= 15 is 0 Å². The molecule has 0 heterocycles.